The molecule has 2 heterocycles. The Balaban J connectivity index is 1.73. The van der Waals surface area contributed by atoms with Gasteiger partial charge in [-0.05, 0) is 37.3 Å². The van der Waals surface area contributed by atoms with Crippen molar-refractivity contribution in [2.75, 3.05) is 26.2 Å². The molecule has 0 radical (unpaired) electrons. The van der Waals surface area contributed by atoms with E-state index in [-0.39, 0.29) is 41.4 Å². The Bertz CT molecular complexity index is 948. The van der Waals surface area contributed by atoms with Gasteiger partial charge in [0, 0.05) is 38.7 Å². The average molecular weight is 405 g/mol. The number of sulfonamides is 1. The predicted molar refractivity (Wildman–Crippen MR) is 102 cm³/mol. The second-order valence-corrected chi connectivity index (χ2v) is 8.59. The first-order chi connectivity index (χ1) is 13.3. The molecule has 9 heteroatoms. The average Bonchev–Trinajstić information content (AvgIpc) is 3.23. The fourth-order valence-corrected chi connectivity index (χ4v) is 4.55. The van der Waals surface area contributed by atoms with Gasteiger partial charge in [0.2, 0.25) is 15.9 Å². The molecule has 0 unspecified atom stereocenters. The van der Waals surface area contributed by atoms with Crippen LogP contribution < -0.4 is 5.32 Å². The van der Waals surface area contributed by atoms with Crippen molar-refractivity contribution >= 4 is 21.8 Å². The summed E-state index contributed by atoms with van der Waals surface area (Å²) in [6.45, 7) is 4.42. The van der Waals surface area contributed by atoms with Crippen LogP contribution in [0.4, 0.5) is 0 Å². The van der Waals surface area contributed by atoms with Crippen LogP contribution in [0.25, 0.3) is 0 Å². The lowest BCUT2D eigenvalue weighted by atomic mass is 10.2. The van der Waals surface area contributed by atoms with E-state index in [1.165, 1.54) is 29.6 Å². The lowest BCUT2D eigenvalue weighted by Crippen LogP contribution is -2.49. The van der Waals surface area contributed by atoms with Crippen LogP contribution in [0, 0.1) is 0 Å². The molecule has 3 rings (SSSR count). The van der Waals surface area contributed by atoms with Crippen molar-refractivity contribution in [2.45, 2.75) is 24.8 Å². The van der Waals surface area contributed by atoms with Gasteiger partial charge in [-0.25, -0.2) is 8.42 Å². The van der Waals surface area contributed by atoms with Gasteiger partial charge in [0.15, 0.2) is 0 Å². The van der Waals surface area contributed by atoms with E-state index in [0.29, 0.717) is 18.8 Å². The fraction of sp³-hybridized carbons (Fsp3) is 0.368. The molecule has 0 saturated carbocycles. The number of rotatable bonds is 5. The molecular weight excluding hydrogens is 382 g/mol. The normalized spacial score (nSPS) is 16.6. The number of amides is 2. The minimum Gasteiger partial charge on any atom is -0.467 e. The van der Waals surface area contributed by atoms with Gasteiger partial charge in [0.1, 0.15) is 5.76 Å². The molecule has 28 heavy (non-hydrogen) atoms. The van der Waals surface area contributed by atoms with E-state index in [1.54, 1.807) is 36.1 Å². The summed E-state index contributed by atoms with van der Waals surface area (Å²) in [4.78, 5) is 25.6. The minimum atomic E-state index is -3.74. The second kappa shape index (κ2) is 8.15. The zero-order chi connectivity index (χ0) is 20.3. The van der Waals surface area contributed by atoms with Crippen LogP contribution in [-0.4, -0.2) is 55.6 Å². The molecule has 1 aromatic heterocycles. The highest BCUT2D eigenvalue weighted by Gasteiger charge is 2.29. The third-order valence-corrected chi connectivity index (χ3v) is 6.63. The van der Waals surface area contributed by atoms with Crippen LogP contribution in [0.5, 0.6) is 0 Å². The molecule has 0 bridgehead atoms. The van der Waals surface area contributed by atoms with E-state index >= 15 is 0 Å². The monoisotopic (exact) mass is 405 g/mol. The Morgan fingerprint density at radius 3 is 2.43 bits per heavy atom. The summed E-state index contributed by atoms with van der Waals surface area (Å²) in [6, 6.07) is 9.10. The SMILES string of the molecule is CC(=O)N1CCN(S(=O)(=O)c2cccc(C(=O)N[C@@H](C)c3ccco3)c2)CC1. The number of piperazine rings is 1. The number of carbonyl (C=O) groups excluding carboxylic acids is 2. The van der Waals surface area contributed by atoms with Gasteiger partial charge < -0.3 is 14.6 Å². The highest BCUT2D eigenvalue weighted by atomic mass is 32.2. The second-order valence-electron chi connectivity index (χ2n) is 6.65. The third-order valence-electron chi connectivity index (χ3n) is 4.74. The Labute approximate surface area is 164 Å². The zero-order valence-electron chi connectivity index (χ0n) is 15.8. The van der Waals surface area contributed by atoms with Crippen molar-refractivity contribution in [3.8, 4) is 0 Å². The molecule has 2 aromatic rings. The molecule has 1 fully saturated rings. The molecule has 0 spiro atoms. The molecule has 2 amide bonds. The van der Waals surface area contributed by atoms with E-state index in [9.17, 15) is 18.0 Å². The maximum atomic E-state index is 12.9. The number of nitrogens with one attached hydrogen (secondary N) is 1. The molecule has 1 N–H and O–H groups in total. The minimum absolute atomic E-state index is 0.0575. The fourth-order valence-electron chi connectivity index (χ4n) is 3.08. The van der Waals surface area contributed by atoms with Gasteiger partial charge in [0.25, 0.3) is 5.91 Å². The Kier molecular flexibility index (Phi) is 5.85. The van der Waals surface area contributed by atoms with Crippen molar-refractivity contribution in [2.24, 2.45) is 0 Å². The summed E-state index contributed by atoms with van der Waals surface area (Å²) in [5.74, 6) is 0.157. The summed E-state index contributed by atoms with van der Waals surface area (Å²) >= 11 is 0. The van der Waals surface area contributed by atoms with Gasteiger partial charge in [-0.2, -0.15) is 4.31 Å². The number of hydrogen-bond acceptors (Lipinski definition) is 5. The quantitative estimate of drug-likeness (QED) is 0.815. The first-order valence-corrected chi connectivity index (χ1v) is 10.4. The molecule has 0 aliphatic carbocycles. The Hall–Kier alpha value is -2.65. The summed E-state index contributed by atoms with van der Waals surface area (Å²) in [6.07, 6.45) is 1.52. The summed E-state index contributed by atoms with van der Waals surface area (Å²) in [5.41, 5.74) is 0.252. The predicted octanol–water partition coefficient (Wildman–Crippen LogP) is 1.62. The number of carbonyl (C=O) groups is 2. The molecule has 1 aliphatic rings. The topological polar surface area (TPSA) is 99.9 Å². The van der Waals surface area contributed by atoms with Crippen molar-refractivity contribution in [3.05, 3.63) is 54.0 Å². The van der Waals surface area contributed by atoms with Crippen LogP contribution in [-0.2, 0) is 14.8 Å². The van der Waals surface area contributed by atoms with Crippen LogP contribution in [0.1, 0.15) is 36.0 Å². The van der Waals surface area contributed by atoms with Crippen molar-refractivity contribution in [1.29, 1.82) is 0 Å². The number of furan rings is 1. The molecule has 1 aromatic carbocycles. The van der Waals surface area contributed by atoms with Crippen LogP contribution in [0.15, 0.2) is 52.0 Å². The van der Waals surface area contributed by atoms with Gasteiger partial charge >= 0.3 is 0 Å². The van der Waals surface area contributed by atoms with Crippen molar-refractivity contribution in [3.63, 3.8) is 0 Å². The van der Waals surface area contributed by atoms with E-state index in [4.69, 9.17) is 4.42 Å². The molecule has 1 saturated heterocycles. The lowest BCUT2D eigenvalue weighted by Gasteiger charge is -2.33. The highest BCUT2D eigenvalue weighted by Crippen LogP contribution is 2.20. The lowest BCUT2D eigenvalue weighted by molar-refractivity contribution is -0.129. The number of hydrogen-bond donors (Lipinski definition) is 1. The summed E-state index contributed by atoms with van der Waals surface area (Å²) in [5, 5.41) is 2.79. The largest absolute Gasteiger partial charge is 0.467 e. The molecular formula is C19H23N3O5S. The number of benzene rings is 1. The van der Waals surface area contributed by atoms with Crippen LogP contribution in [0.2, 0.25) is 0 Å². The Morgan fingerprint density at radius 2 is 1.82 bits per heavy atom. The van der Waals surface area contributed by atoms with Gasteiger partial charge in [-0.3, -0.25) is 9.59 Å². The van der Waals surface area contributed by atoms with Crippen LogP contribution in [0.3, 0.4) is 0 Å². The van der Waals surface area contributed by atoms with E-state index in [2.05, 4.69) is 5.32 Å². The zero-order valence-corrected chi connectivity index (χ0v) is 16.6. The highest BCUT2D eigenvalue weighted by molar-refractivity contribution is 7.89. The van der Waals surface area contributed by atoms with Crippen LogP contribution >= 0.6 is 0 Å². The molecule has 150 valence electrons. The van der Waals surface area contributed by atoms with Crippen molar-refractivity contribution in [1.82, 2.24) is 14.5 Å². The standard InChI is InChI=1S/C19H23N3O5S/c1-14(18-7-4-12-27-18)20-19(24)16-5-3-6-17(13-16)28(25,26)22-10-8-21(9-11-22)15(2)23/h3-7,12-14H,8-11H2,1-2H3,(H,20,24)/t14-/m0/s1. The first-order valence-electron chi connectivity index (χ1n) is 8.99. The molecule has 1 atom stereocenters. The maximum Gasteiger partial charge on any atom is 0.251 e. The van der Waals surface area contributed by atoms with E-state index in [1.807, 2.05) is 0 Å². The van der Waals surface area contributed by atoms with E-state index in [0.717, 1.165) is 0 Å². The molecule has 1 aliphatic heterocycles. The summed E-state index contributed by atoms with van der Waals surface area (Å²) < 4.78 is 32.5. The smallest absolute Gasteiger partial charge is 0.251 e. The van der Waals surface area contributed by atoms with Gasteiger partial charge in [-0.1, -0.05) is 6.07 Å². The van der Waals surface area contributed by atoms with Crippen molar-refractivity contribution < 1.29 is 22.4 Å². The van der Waals surface area contributed by atoms with Gasteiger partial charge in [-0.15, -0.1) is 0 Å². The molecule has 8 nitrogen and oxygen atoms in total. The Morgan fingerprint density at radius 1 is 1.11 bits per heavy atom. The summed E-state index contributed by atoms with van der Waals surface area (Å²) in [7, 11) is -3.74. The maximum absolute atomic E-state index is 12.9. The van der Waals surface area contributed by atoms with Gasteiger partial charge in [0.05, 0.1) is 17.2 Å². The number of nitrogens with zero attached hydrogens (tertiary/aromatic N) is 2. The third kappa shape index (κ3) is 4.26. The van der Waals surface area contributed by atoms with E-state index < -0.39 is 10.0 Å². The first kappa shape index (κ1) is 20.1.